The van der Waals surface area contributed by atoms with Gasteiger partial charge < -0.3 is 10.8 Å². The van der Waals surface area contributed by atoms with Gasteiger partial charge in [-0.25, -0.2) is 0 Å². The number of carboxylic acid groups (broad SMARTS) is 1. The molecule has 1 atom stereocenters. The third-order valence-electron chi connectivity index (χ3n) is 2.73. The lowest BCUT2D eigenvalue weighted by molar-refractivity contribution is -0.137. The van der Waals surface area contributed by atoms with Crippen molar-refractivity contribution >= 4 is 17.6 Å². The van der Waals surface area contributed by atoms with Gasteiger partial charge in [0.05, 0.1) is 0 Å². The topological polar surface area (TPSA) is 63.3 Å². The molecule has 1 aliphatic rings. The monoisotopic (exact) mass is 203 g/mol. The van der Waals surface area contributed by atoms with Gasteiger partial charge in [0, 0.05) is 0 Å². The van der Waals surface area contributed by atoms with Gasteiger partial charge in [0.2, 0.25) is 0 Å². The lowest BCUT2D eigenvalue weighted by Gasteiger charge is -2.14. The average Bonchev–Trinajstić information content (AvgIpc) is 2.27. The zero-order chi connectivity index (χ0) is 10.8. The van der Waals surface area contributed by atoms with Crippen molar-refractivity contribution in [1.29, 1.82) is 0 Å². The highest BCUT2D eigenvalue weighted by molar-refractivity contribution is 5.85. The highest BCUT2D eigenvalue weighted by atomic mass is 16.4. The zero-order valence-corrected chi connectivity index (χ0v) is 8.31. The van der Waals surface area contributed by atoms with Crippen molar-refractivity contribution in [3.8, 4) is 0 Å². The second-order valence-electron chi connectivity index (χ2n) is 3.67. The van der Waals surface area contributed by atoms with E-state index in [2.05, 4.69) is 6.08 Å². The summed E-state index contributed by atoms with van der Waals surface area (Å²) < 4.78 is 0. The van der Waals surface area contributed by atoms with Crippen molar-refractivity contribution in [2.24, 2.45) is 5.73 Å². The molecule has 0 radical (unpaired) electrons. The largest absolute Gasteiger partial charge is 0.480 e. The molecule has 78 valence electrons. The summed E-state index contributed by atoms with van der Waals surface area (Å²) in [5.41, 5.74) is 6.49. The minimum Gasteiger partial charge on any atom is -0.480 e. The fourth-order valence-electron chi connectivity index (χ4n) is 1.96. The van der Waals surface area contributed by atoms with E-state index in [-0.39, 0.29) is 0 Å². The Morgan fingerprint density at radius 2 is 2.13 bits per heavy atom. The SMILES string of the molecule is NC(C(=O)O)C1=c2ccccc2=CCC1. The molecule has 0 spiro atoms. The minimum absolute atomic E-state index is 0.741. The number of benzene rings is 1. The van der Waals surface area contributed by atoms with E-state index in [0.29, 0.717) is 0 Å². The third-order valence-corrected chi connectivity index (χ3v) is 2.73. The molecular formula is C12H13NO2. The Kier molecular flexibility index (Phi) is 2.56. The lowest BCUT2D eigenvalue weighted by atomic mass is 9.94. The maximum atomic E-state index is 10.9. The van der Waals surface area contributed by atoms with Crippen LogP contribution in [-0.2, 0) is 4.79 Å². The maximum Gasteiger partial charge on any atom is 0.324 e. The number of carboxylic acids is 1. The molecule has 2 rings (SSSR count). The predicted octanol–water partition coefficient (Wildman–Crippen LogP) is -0.176. The smallest absolute Gasteiger partial charge is 0.324 e. The van der Waals surface area contributed by atoms with Crippen molar-refractivity contribution in [3.63, 3.8) is 0 Å². The van der Waals surface area contributed by atoms with Crippen LogP contribution in [0.5, 0.6) is 0 Å². The highest BCUT2D eigenvalue weighted by Gasteiger charge is 2.18. The Morgan fingerprint density at radius 3 is 2.87 bits per heavy atom. The van der Waals surface area contributed by atoms with Crippen LogP contribution < -0.4 is 16.2 Å². The molecule has 0 aromatic heterocycles. The van der Waals surface area contributed by atoms with E-state index in [9.17, 15) is 4.79 Å². The summed E-state index contributed by atoms with van der Waals surface area (Å²) in [4.78, 5) is 10.9. The van der Waals surface area contributed by atoms with Crippen LogP contribution in [0.15, 0.2) is 24.3 Å². The average molecular weight is 203 g/mol. The van der Waals surface area contributed by atoms with Crippen LogP contribution >= 0.6 is 0 Å². The summed E-state index contributed by atoms with van der Waals surface area (Å²) >= 11 is 0. The van der Waals surface area contributed by atoms with E-state index in [1.54, 1.807) is 0 Å². The molecule has 15 heavy (non-hydrogen) atoms. The van der Waals surface area contributed by atoms with Crippen molar-refractivity contribution in [2.45, 2.75) is 18.9 Å². The number of fused-ring (bicyclic) bond motifs is 1. The molecule has 1 aromatic carbocycles. The van der Waals surface area contributed by atoms with Gasteiger partial charge in [-0.3, -0.25) is 4.79 Å². The first kappa shape index (κ1) is 9.93. The predicted molar refractivity (Wildman–Crippen MR) is 58.4 cm³/mol. The summed E-state index contributed by atoms with van der Waals surface area (Å²) in [6.45, 7) is 0. The van der Waals surface area contributed by atoms with Crippen LogP contribution in [-0.4, -0.2) is 17.1 Å². The van der Waals surface area contributed by atoms with Gasteiger partial charge >= 0.3 is 5.97 Å². The summed E-state index contributed by atoms with van der Waals surface area (Å²) in [7, 11) is 0. The van der Waals surface area contributed by atoms with Gasteiger partial charge in [-0.15, -0.1) is 0 Å². The Balaban J connectivity index is 2.66. The van der Waals surface area contributed by atoms with E-state index in [1.807, 2.05) is 24.3 Å². The van der Waals surface area contributed by atoms with Crippen molar-refractivity contribution in [3.05, 3.63) is 34.7 Å². The number of nitrogens with two attached hydrogens (primary N) is 1. The normalized spacial score (nSPS) is 16.5. The van der Waals surface area contributed by atoms with E-state index in [4.69, 9.17) is 10.8 Å². The molecule has 3 nitrogen and oxygen atoms in total. The standard InChI is InChI=1S/C12H13NO2/c13-11(12(14)15)10-7-3-5-8-4-1-2-6-9(8)10/h1-2,4-6,11H,3,7,13H2,(H,14,15). The Hall–Kier alpha value is -1.61. The fraction of sp³-hybridized carbons (Fsp3) is 0.250. The Labute approximate surface area is 87.5 Å². The molecule has 0 saturated heterocycles. The van der Waals surface area contributed by atoms with Gasteiger partial charge in [-0.05, 0) is 28.9 Å². The first-order valence-corrected chi connectivity index (χ1v) is 4.97. The van der Waals surface area contributed by atoms with Crippen LogP contribution in [0.4, 0.5) is 0 Å². The first-order valence-electron chi connectivity index (χ1n) is 4.97. The van der Waals surface area contributed by atoms with Crippen molar-refractivity contribution in [1.82, 2.24) is 0 Å². The van der Waals surface area contributed by atoms with Gasteiger partial charge in [0.1, 0.15) is 6.04 Å². The molecule has 0 heterocycles. The Bertz CT molecular complexity index is 505. The molecule has 1 unspecified atom stereocenters. The highest BCUT2D eigenvalue weighted by Crippen LogP contribution is 2.11. The quantitative estimate of drug-likeness (QED) is 0.701. The van der Waals surface area contributed by atoms with Crippen LogP contribution in [0.2, 0.25) is 0 Å². The molecular weight excluding hydrogens is 190 g/mol. The molecule has 1 aliphatic carbocycles. The van der Waals surface area contributed by atoms with Crippen LogP contribution in [0.3, 0.4) is 0 Å². The number of hydrogen-bond acceptors (Lipinski definition) is 2. The summed E-state index contributed by atoms with van der Waals surface area (Å²) in [5.74, 6) is -0.957. The third kappa shape index (κ3) is 1.78. The zero-order valence-electron chi connectivity index (χ0n) is 8.31. The van der Waals surface area contributed by atoms with Crippen LogP contribution in [0.25, 0.3) is 11.6 Å². The fourth-order valence-corrected chi connectivity index (χ4v) is 1.96. The first-order chi connectivity index (χ1) is 7.20. The molecule has 1 aromatic rings. The molecule has 0 saturated carbocycles. The molecule has 0 fully saturated rings. The molecule has 0 aliphatic heterocycles. The number of rotatable bonds is 2. The molecule has 0 bridgehead atoms. The lowest BCUT2D eigenvalue weighted by Crippen LogP contribution is -2.40. The number of hydrogen-bond donors (Lipinski definition) is 2. The van der Waals surface area contributed by atoms with Gasteiger partial charge in [-0.2, -0.15) is 0 Å². The van der Waals surface area contributed by atoms with Crippen LogP contribution in [0.1, 0.15) is 12.8 Å². The number of carbonyl (C=O) groups is 1. The van der Waals surface area contributed by atoms with E-state index < -0.39 is 12.0 Å². The minimum atomic E-state index is -0.957. The molecule has 3 heteroatoms. The summed E-state index contributed by atoms with van der Waals surface area (Å²) in [5, 5.41) is 11.0. The van der Waals surface area contributed by atoms with E-state index in [1.165, 1.54) is 0 Å². The Morgan fingerprint density at radius 1 is 1.40 bits per heavy atom. The van der Waals surface area contributed by atoms with Crippen molar-refractivity contribution in [2.75, 3.05) is 0 Å². The van der Waals surface area contributed by atoms with Gasteiger partial charge in [-0.1, -0.05) is 30.3 Å². The second kappa shape index (κ2) is 3.87. The summed E-state index contributed by atoms with van der Waals surface area (Å²) in [6.07, 6.45) is 3.73. The second-order valence-corrected chi connectivity index (χ2v) is 3.67. The maximum absolute atomic E-state index is 10.9. The number of aliphatic carboxylic acids is 1. The molecule has 3 N–H and O–H groups in total. The van der Waals surface area contributed by atoms with Gasteiger partial charge in [0.15, 0.2) is 0 Å². The van der Waals surface area contributed by atoms with Gasteiger partial charge in [0.25, 0.3) is 0 Å². The summed E-state index contributed by atoms with van der Waals surface area (Å²) in [6, 6.07) is 6.91. The van der Waals surface area contributed by atoms with Crippen LogP contribution in [0, 0.1) is 0 Å². The van der Waals surface area contributed by atoms with E-state index in [0.717, 1.165) is 28.9 Å². The van der Waals surface area contributed by atoms with E-state index >= 15 is 0 Å². The molecule has 0 amide bonds. The van der Waals surface area contributed by atoms with Crippen molar-refractivity contribution < 1.29 is 9.90 Å².